The summed E-state index contributed by atoms with van der Waals surface area (Å²) >= 11 is 0. The molecule has 0 spiro atoms. The third-order valence-corrected chi connectivity index (χ3v) is 3.69. The minimum absolute atomic E-state index is 0.214. The SMILES string of the molecule is O=C(CCN1CCC[C@@H]1CO)N1CCOCC1. The Balaban J connectivity index is 1.71. The van der Waals surface area contributed by atoms with Crippen LogP contribution in [-0.4, -0.2) is 72.9 Å². The van der Waals surface area contributed by atoms with E-state index in [2.05, 4.69) is 4.90 Å². The maximum atomic E-state index is 11.9. The van der Waals surface area contributed by atoms with E-state index in [1.54, 1.807) is 0 Å². The minimum Gasteiger partial charge on any atom is -0.395 e. The number of aliphatic hydroxyl groups is 1. The van der Waals surface area contributed by atoms with Crippen LogP contribution in [0.3, 0.4) is 0 Å². The fraction of sp³-hybridized carbons (Fsp3) is 0.917. The number of hydrogen-bond donors (Lipinski definition) is 1. The van der Waals surface area contributed by atoms with E-state index in [9.17, 15) is 9.90 Å². The van der Waals surface area contributed by atoms with E-state index in [1.807, 2.05) is 4.90 Å². The van der Waals surface area contributed by atoms with Crippen molar-refractivity contribution in [2.24, 2.45) is 0 Å². The highest BCUT2D eigenvalue weighted by atomic mass is 16.5. The van der Waals surface area contributed by atoms with Crippen LogP contribution in [0.5, 0.6) is 0 Å². The molecule has 98 valence electrons. The summed E-state index contributed by atoms with van der Waals surface area (Å²) < 4.78 is 5.22. The van der Waals surface area contributed by atoms with E-state index in [4.69, 9.17) is 4.74 Å². The standard InChI is InChI=1S/C12H22N2O3/c15-10-11-2-1-4-13(11)5-3-12(16)14-6-8-17-9-7-14/h11,15H,1-10H2/t11-/m1/s1. The van der Waals surface area contributed by atoms with E-state index in [1.165, 1.54) is 0 Å². The molecule has 2 saturated heterocycles. The lowest BCUT2D eigenvalue weighted by molar-refractivity contribution is -0.135. The summed E-state index contributed by atoms with van der Waals surface area (Å²) in [6, 6.07) is 0.271. The molecule has 0 aromatic heterocycles. The number of amides is 1. The highest BCUT2D eigenvalue weighted by molar-refractivity contribution is 5.76. The second-order valence-corrected chi connectivity index (χ2v) is 4.76. The van der Waals surface area contributed by atoms with Crippen molar-refractivity contribution in [1.29, 1.82) is 0 Å². The first kappa shape index (κ1) is 12.8. The van der Waals surface area contributed by atoms with Gasteiger partial charge in [0.05, 0.1) is 19.8 Å². The number of hydrogen-bond acceptors (Lipinski definition) is 4. The van der Waals surface area contributed by atoms with Gasteiger partial charge in [-0.05, 0) is 19.4 Å². The molecular formula is C12H22N2O3. The molecule has 2 aliphatic heterocycles. The van der Waals surface area contributed by atoms with Crippen LogP contribution in [0.25, 0.3) is 0 Å². The predicted octanol–water partition coefficient (Wildman–Crippen LogP) is -0.308. The highest BCUT2D eigenvalue weighted by Gasteiger charge is 2.25. The van der Waals surface area contributed by atoms with Gasteiger partial charge < -0.3 is 14.7 Å². The van der Waals surface area contributed by atoms with Crippen LogP contribution < -0.4 is 0 Å². The lowest BCUT2D eigenvalue weighted by Crippen LogP contribution is -2.42. The van der Waals surface area contributed by atoms with Crippen LogP contribution >= 0.6 is 0 Å². The highest BCUT2D eigenvalue weighted by Crippen LogP contribution is 2.16. The molecular weight excluding hydrogens is 220 g/mol. The molecule has 1 amide bonds. The Morgan fingerprint density at radius 1 is 1.29 bits per heavy atom. The summed E-state index contributed by atoms with van der Waals surface area (Å²) in [6.45, 7) is 4.78. The number of ether oxygens (including phenoxy) is 1. The van der Waals surface area contributed by atoms with Gasteiger partial charge in [0.15, 0.2) is 0 Å². The molecule has 2 fully saturated rings. The molecule has 0 bridgehead atoms. The van der Waals surface area contributed by atoms with Crippen molar-refractivity contribution in [3.8, 4) is 0 Å². The summed E-state index contributed by atoms with van der Waals surface area (Å²) in [5.41, 5.74) is 0. The van der Waals surface area contributed by atoms with Crippen molar-refractivity contribution in [2.75, 3.05) is 46.0 Å². The van der Waals surface area contributed by atoms with Crippen molar-refractivity contribution in [2.45, 2.75) is 25.3 Å². The van der Waals surface area contributed by atoms with Gasteiger partial charge in [0.2, 0.25) is 5.91 Å². The van der Waals surface area contributed by atoms with Gasteiger partial charge in [0, 0.05) is 32.1 Å². The number of likely N-dealkylation sites (tertiary alicyclic amines) is 1. The maximum Gasteiger partial charge on any atom is 0.224 e. The summed E-state index contributed by atoms with van der Waals surface area (Å²) in [5, 5.41) is 9.20. The van der Waals surface area contributed by atoms with Gasteiger partial charge in [-0.2, -0.15) is 0 Å². The molecule has 2 aliphatic rings. The van der Waals surface area contributed by atoms with Crippen LogP contribution in [-0.2, 0) is 9.53 Å². The Bertz CT molecular complexity index is 254. The van der Waals surface area contributed by atoms with Gasteiger partial charge in [-0.3, -0.25) is 9.69 Å². The second kappa shape index (κ2) is 6.33. The van der Waals surface area contributed by atoms with Crippen LogP contribution in [0.15, 0.2) is 0 Å². The molecule has 2 heterocycles. The minimum atomic E-state index is 0.214. The Kier molecular flexibility index (Phi) is 4.76. The zero-order valence-corrected chi connectivity index (χ0v) is 10.3. The quantitative estimate of drug-likeness (QED) is 0.735. The number of morpholine rings is 1. The van der Waals surface area contributed by atoms with Crippen molar-refractivity contribution in [3.05, 3.63) is 0 Å². The predicted molar refractivity (Wildman–Crippen MR) is 63.7 cm³/mol. The normalized spacial score (nSPS) is 26.4. The molecule has 17 heavy (non-hydrogen) atoms. The molecule has 0 unspecified atom stereocenters. The first-order valence-electron chi connectivity index (χ1n) is 6.51. The smallest absolute Gasteiger partial charge is 0.224 e. The second-order valence-electron chi connectivity index (χ2n) is 4.76. The number of carbonyl (C=O) groups is 1. The van der Waals surface area contributed by atoms with Gasteiger partial charge in [0.25, 0.3) is 0 Å². The molecule has 5 nitrogen and oxygen atoms in total. The first-order valence-corrected chi connectivity index (χ1v) is 6.51. The van der Waals surface area contributed by atoms with Gasteiger partial charge in [-0.1, -0.05) is 0 Å². The van der Waals surface area contributed by atoms with E-state index in [0.29, 0.717) is 19.6 Å². The average Bonchev–Trinajstić information content (AvgIpc) is 2.84. The van der Waals surface area contributed by atoms with Crippen LogP contribution in [0.1, 0.15) is 19.3 Å². The fourth-order valence-electron chi connectivity index (χ4n) is 2.61. The maximum absolute atomic E-state index is 11.9. The lowest BCUT2D eigenvalue weighted by atomic mass is 10.2. The van der Waals surface area contributed by atoms with Crippen molar-refractivity contribution in [1.82, 2.24) is 9.80 Å². The zero-order valence-electron chi connectivity index (χ0n) is 10.3. The molecule has 1 atom stereocenters. The molecule has 1 N–H and O–H groups in total. The largest absolute Gasteiger partial charge is 0.395 e. The summed E-state index contributed by atoms with van der Waals surface area (Å²) in [4.78, 5) is 16.0. The number of carbonyl (C=O) groups excluding carboxylic acids is 1. The molecule has 5 heteroatoms. The summed E-state index contributed by atoms with van der Waals surface area (Å²) in [6.07, 6.45) is 2.76. The molecule has 0 aromatic carbocycles. The van der Waals surface area contributed by atoms with E-state index in [-0.39, 0.29) is 18.6 Å². The molecule has 0 aliphatic carbocycles. The first-order chi connectivity index (χ1) is 8.31. The third-order valence-electron chi connectivity index (χ3n) is 3.69. The van der Waals surface area contributed by atoms with Crippen molar-refractivity contribution < 1.29 is 14.6 Å². The van der Waals surface area contributed by atoms with E-state index >= 15 is 0 Å². The lowest BCUT2D eigenvalue weighted by Gasteiger charge is -2.28. The summed E-state index contributed by atoms with van der Waals surface area (Å²) in [7, 11) is 0. The number of rotatable bonds is 4. The van der Waals surface area contributed by atoms with Gasteiger partial charge in [0.1, 0.15) is 0 Å². The van der Waals surface area contributed by atoms with Crippen LogP contribution in [0, 0.1) is 0 Å². The molecule has 0 aromatic rings. The van der Waals surface area contributed by atoms with Crippen molar-refractivity contribution in [3.63, 3.8) is 0 Å². The van der Waals surface area contributed by atoms with Crippen LogP contribution in [0.2, 0.25) is 0 Å². The van der Waals surface area contributed by atoms with Gasteiger partial charge >= 0.3 is 0 Å². The van der Waals surface area contributed by atoms with E-state index in [0.717, 1.165) is 39.0 Å². The van der Waals surface area contributed by atoms with Crippen molar-refractivity contribution >= 4 is 5.91 Å². The molecule has 0 radical (unpaired) electrons. The van der Waals surface area contributed by atoms with Crippen LogP contribution in [0.4, 0.5) is 0 Å². The third kappa shape index (κ3) is 3.40. The molecule has 0 saturated carbocycles. The van der Waals surface area contributed by atoms with Gasteiger partial charge in [-0.25, -0.2) is 0 Å². The monoisotopic (exact) mass is 242 g/mol. The Labute approximate surface area is 102 Å². The van der Waals surface area contributed by atoms with E-state index < -0.39 is 0 Å². The number of aliphatic hydroxyl groups excluding tert-OH is 1. The topological polar surface area (TPSA) is 53.0 Å². The Hall–Kier alpha value is -0.650. The number of nitrogens with zero attached hydrogens (tertiary/aromatic N) is 2. The zero-order chi connectivity index (χ0) is 12.1. The Morgan fingerprint density at radius 2 is 2.06 bits per heavy atom. The van der Waals surface area contributed by atoms with Gasteiger partial charge in [-0.15, -0.1) is 0 Å². The average molecular weight is 242 g/mol. The summed E-state index contributed by atoms with van der Waals surface area (Å²) in [5.74, 6) is 0.219. The molecule has 2 rings (SSSR count). The fourth-order valence-corrected chi connectivity index (χ4v) is 2.61. The Morgan fingerprint density at radius 3 is 2.76 bits per heavy atom.